The van der Waals surface area contributed by atoms with Crippen LogP contribution in [0.25, 0.3) is 10.9 Å². The van der Waals surface area contributed by atoms with Gasteiger partial charge >= 0.3 is 0 Å². The van der Waals surface area contributed by atoms with Crippen molar-refractivity contribution in [3.05, 3.63) is 47.5 Å². The maximum absolute atomic E-state index is 13.6. The molecule has 0 bridgehead atoms. The number of rotatable bonds is 7. The minimum absolute atomic E-state index is 0.0300. The summed E-state index contributed by atoms with van der Waals surface area (Å²) in [6.07, 6.45) is 4.20. The maximum Gasteiger partial charge on any atom is 0.189 e. The molecule has 1 aromatic heterocycles. The lowest BCUT2D eigenvalue weighted by Crippen LogP contribution is -2.47. The summed E-state index contributed by atoms with van der Waals surface area (Å²) in [5, 5.41) is 7.55. The van der Waals surface area contributed by atoms with Crippen LogP contribution in [0.4, 0.5) is 15.9 Å². The number of methoxy groups -OCH3 is 1. The van der Waals surface area contributed by atoms with Crippen LogP contribution in [0.2, 0.25) is 5.02 Å². The largest absolute Gasteiger partial charge is 0.493 e. The second-order valence-electron chi connectivity index (χ2n) is 10.9. The Balaban J connectivity index is 1.18. The van der Waals surface area contributed by atoms with Crippen LogP contribution in [0.5, 0.6) is 11.5 Å². The Morgan fingerprint density at radius 1 is 1.19 bits per heavy atom. The number of benzene rings is 2. The van der Waals surface area contributed by atoms with Gasteiger partial charge in [0, 0.05) is 23.6 Å². The zero-order valence-electron chi connectivity index (χ0n) is 21.1. The topological polar surface area (TPSA) is 86.8 Å². The monoisotopic (exact) mass is 528 g/mol. The van der Waals surface area contributed by atoms with Gasteiger partial charge in [0.25, 0.3) is 0 Å². The van der Waals surface area contributed by atoms with Crippen LogP contribution < -0.4 is 20.1 Å². The van der Waals surface area contributed by atoms with Crippen LogP contribution in [0.3, 0.4) is 0 Å². The molecule has 2 aliphatic heterocycles. The van der Waals surface area contributed by atoms with Crippen molar-refractivity contribution in [2.24, 2.45) is 11.3 Å². The van der Waals surface area contributed by atoms with Gasteiger partial charge in [-0.1, -0.05) is 25.4 Å². The van der Waals surface area contributed by atoms with Crippen LogP contribution in [-0.4, -0.2) is 48.3 Å². The van der Waals surface area contributed by atoms with E-state index in [4.69, 9.17) is 30.5 Å². The Morgan fingerprint density at radius 2 is 2.05 bits per heavy atom. The predicted octanol–water partition coefficient (Wildman–Crippen LogP) is 5.42. The third kappa shape index (κ3) is 4.27. The van der Waals surface area contributed by atoms with Gasteiger partial charge < -0.3 is 24.3 Å². The summed E-state index contributed by atoms with van der Waals surface area (Å²) >= 11 is 5.94. The molecule has 2 saturated heterocycles. The summed E-state index contributed by atoms with van der Waals surface area (Å²) < 4.78 is 37.8. The third-order valence-electron chi connectivity index (χ3n) is 7.71. The predicted molar refractivity (Wildman–Crippen MR) is 138 cm³/mol. The molecule has 3 heterocycles. The Hall–Kier alpha value is -2.72. The first-order valence-corrected chi connectivity index (χ1v) is 12.8. The number of nitrogens with zero attached hydrogens (tertiary/aromatic N) is 2. The van der Waals surface area contributed by atoms with Crippen molar-refractivity contribution in [3.63, 3.8) is 0 Å². The second-order valence-corrected chi connectivity index (χ2v) is 11.3. The summed E-state index contributed by atoms with van der Waals surface area (Å²) in [6, 6.07) is 8.11. The van der Waals surface area contributed by atoms with Gasteiger partial charge in [0.15, 0.2) is 17.3 Å². The van der Waals surface area contributed by atoms with Gasteiger partial charge in [-0.2, -0.15) is 0 Å². The Bertz CT molecular complexity index is 1360. The number of aromatic nitrogens is 2. The summed E-state index contributed by atoms with van der Waals surface area (Å²) in [4.78, 5) is 8.75. The molecule has 1 saturated carbocycles. The van der Waals surface area contributed by atoms with E-state index in [0.29, 0.717) is 54.4 Å². The zero-order chi connectivity index (χ0) is 25.8. The molecule has 10 heteroatoms. The van der Waals surface area contributed by atoms with Crippen molar-refractivity contribution in [3.8, 4) is 11.5 Å². The van der Waals surface area contributed by atoms with Crippen molar-refractivity contribution < 1.29 is 23.3 Å². The summed E-state index contributed by atoms with van der Waals surface area (Å²) in [5.74, 6) is 1.13. The van der Waals surface area contributed by atoms with Crippen molar-refractivity contribution in [1.29, 1.82) is 0 Å². The van der Waals surface area contributed by atoms with E-state index in [1.165, 1.54) is 18.5 Å². The molecular formula is C27H30ClFN4O4. The second kappa shape index (κ2) is 8.94. The highest BCUT2D eigenvalue weighted by atomic mass is 35.5. The fourth-order valence-electron chi connectivity index (χ4n) is 5.79. The molecule has 196 valence electrons. The SMILES string of the molecule is COc1cc2ncnc(Nc3ccc(F)c(Cl)c3)c2cc1OCCC1CC12NCOC21CC(C)(C)CO1. The van der Waals surface area contributed by atoms with Crippen LogP contribution >= 0.6 is 11.6 Å². The van der Waals surface area contributed by atoms with Crippen LogP contribution in [-0.2, 0) is 9.47 Å². The van der Waals surface area contributed by atoms with E-state index in [2.05, 4.69) is 34.4 Å². The standard InChI is InChI=1S/C27H30ClFN4O4/c1-25(2)12-27(36-13-25)26(32-15-37-27)11-16(26)6-7-35-23-9-18-21(10-22(23)34-3)30-14-31-24(18)33-17-4-5-20(29)19(28)8-17/h4-5,8-10,14,16,32H,6-7,11-13,15H2,1-3H3,(H,30,31,33). The van der Waals surface area contributed by atoms with Gasteiger partial charge in [-0.05, 0) is 48.4 Å². The Morgan fingerprint density at radius 3 is 2.81 bits per heavy atom. The lowest BCUT2D eigenvalue weighted by molar-refractivity contribution is -0.194. The lowest BCUT2D eigenvalue weighted by Gasteiger charge is -2.30. The van der Waals surface area contributed by atoms with Crippen molar-refractivity contribution in [2.75, 3.05) is 32.4 Å². The van der Waals surface area contributed by atoms with Crippen molar-refractivity contribution in [1.82, 2.24) is 15.3 Å². The average Bonchev–Trinajstić information content (AvgIpc) is 3.33. The summed E-state index contributed by atoms with van der Waals surface area (Å²) in [7, 11) is 1.60. The number of ether oxygens (including phenoxy) is 4. The first kappa shape index (κ1) is 24.6. The normalized spacial score (nSPS) is 27.8. The molecule has 3 aliphatic rings. The van der Waals surface area contributed by atoms with E-state index in [0.717, 1.165) is 24.6 Å². The van der Waals surface area contributed by atoms with Crippen molar-refractivity contribution in [2.45, 2.75) is 44.4 Å². The summed E-state index contributed by atoms with van der Waals surface area (Å²) in [5.41, 5.74) is 1.26. The van der Waals surface area contributed by atoms with E-state index < -0.39 is 11.6 Å². The smallest absolute Gasteiger partial charge is 0.189 e. The molecule has 2 spiro atoms. The molecule has 3 unspecified atom stereocenters. The number of hydrogen-bond donors (Lipinski definition) is 2. The van der Waals surface area contributed by atoms with E-state index in [1.54, 1.807) is 13.2 Å². The fraction of sp³-hybridized carbons (Fsp3) is 0.481. The van der Waals surface area contributed by atoms with Gasteiger partial charge in [-0.25, -0.2) is 14.4 Å². The van der Waals surface area contributed by atoms with Crippen LogP contribution in [0.15, 0.2) is 36.7 Å². The van der Waals surface area contributed by atoms with Gasteiger partial charge in [-0.3, -0.25) is 5.32 Å². The highest BCUT2D eigenvalue weighted by Crippen LogP contribution is 2.62. The maximum atomic E-state index is 13.6. The van der Waals surface area contributed by atoms with Gasteiger partial charge in [0.1, 0.15) is 24.7 Å². The fourth-order valence-corrected chi connectivity index (χ4v) is 5.97. The Kier molecular flexibility index (Phi) is 5.95. The van der Waals surface area contributed by atoms with Gasteiger partial charge in [-0.15, -0.1) is 0 Å². The van der Waals surface area contributed by atoms with Gasteiger partial charge in [0.2, 0.25) is 0 Å². The molecule has 6 rings (SSSR count). The molecule has 3 atom stereocenters. The lowest BCUT2D eigenvalue weighted by atomic mass is 9.85. The quantitative estimate of drug-likeness (QED) is 0.420. The number of fused-ring (bicyclic) bond motifs is 2. The first-order valence-electron chi connectivity index (χ1n) is 12.4. The number of anilines is 2. The van der Waals surface area contributed by atoms with Crippen molar-refractivity contribution >= 4 is 34.0 Å². The molecular weight excluding hydrogens is 499 g/mol. The molecule has 8 nitrogen and oxygen atoms in total. The molecule has 2 aromatic carbocycles. The third-order valence-corrected chi connectivity index (χ3v) is 8.00. The first-order chi connectivity index (χ1) is 17.7. The average molecular weight is 529 g/mol. The minimum Gasteiger partial charge on any atom is -0.493 e. The van der Waals surface area contributed by atoms with E-state index >= 15 is 0 Å². The molecule has 2 N–H and O–H groups in total. The number of hydrogen-bond acceptors (Lipinski definition) is 8. The molecule has 3 aromatic rings. The summed E-state index contributed by atoms with van der Waals surface area (Å²) in [6.45, 7) is 6.18. The zero-order valence-corrected chi connectivity index (χ0v) is 21.8. The van der Waals surface area contributed by atoms with Crippen LogP contribution in [0.1, 0.15) is 33.1 Å². The Labute approximate surface area is 219 Å². The van der Waals surface area contributed by atoms with Gasteiger partial charge in [0.05, 0.1) is 36.4 Å². The van der Waals surface area contributed by atoms with E-state index in [9.17, 15) is 4.39 Å². The number of halogens is 2. The molecule has 3 fully saturated rings. The highest BCUT2D eigenvalue weighted by molar-refractivity contribution is 6.31. The van der Waals surface area contributed by atoms with E-state index in [-0.39, 0.29) is 16.0 Å². The molecule has 0 amide bonds. The molecule has 0 radical (unpaired) electrons. The van der Waals surface area contributed by atoms with Crippen LogP contribution in [0, 0.1) is 17.2 Å². The van der Waals surface area contributed by atoms with E-state index in [1.807, 2.05) is 12.1 Å². The molecule has 1 aliphatic carbocycles. The minimum atomic E-state index is -0.539. The molecule has 37 heavy (non-hydrogen) atoms. The number of nitrogens with one attached hydrogen (secondary N) is 2. The highest BCUT2D eigenvalue weighted by Gasteiger charge is 2.73.